The number of nitrogens with zero attached hydrogens (tertiary/aromatic N) is 2. The number of hydrogen-bond acceptors (Lipinski definition) is 9. The SMILES string of the molecule is COc1ccc(Cl)cc1[C@@H]1C(C(=O)OC(C)C)=C(C)N=c2s/c(=C\c3ccc(-c4cc(Cl)ccc4C(=O)OC(C)C)o3)c(=O)n21. The first kappa shape index (κ1) is 32.3. The van der Waals surface area contributed by atoms with Crippen LogP contribution in [-0.2, 0) is 14.3 Å². The van der Waals surface area contributed by atoms with Crippen LogP contribution < -0.4 is 19.6 Å². The fourth-order valence-electron chi connectivity index (χ4n) is 4.95. The summed E-state index contributed by atoms with van der Waals surface area (Å²) in [6, 6.07) is 12.3. The number of carbonyl (C=O) groups excluding carboxylic acids is 2. The molecule has 45 heavy (non-hydrogen) atoms. The van der Waals surface area contributed by atoms with Gasteiger partial charge >= 0.3 is 11.9 Å². The van der Waals surface area contributed by atoms with Crippen LogP contribution in [0.2, 0.25) is 10.0 Å². The number of rotatable bonds is 8. The highest BCUT2D eigenvalue weighted by molar-refractivity contribution is 7.07. The average Bonchev–Trinajstić information content (AvgIpc) is 3.55. The molecule has 0 aliphatic carbocycles. The summed E-state index contributed by atoms with van der Waals surface area (Å²) in [5.74, 6) is 0.0411. The minimum absolute atomic E-state index is 0.199. The topological polar surface area (TPSA) is 109 Å². The van der Waals surface area contributed by atoms with Crippen LogP contribution in [-0.4, -0.2) is 35.8 Å². The van der Waals surface area contributed by atoms with Crippen molar-refractivity contribution in [3.63, 3.8) is 0 Å². The number of fused-ring (bicyclic) bond motifs is 1. The van der Waals surface area contributed by atoms with E-state index in [-0.39, 0.29) is 11.7 Å². The lowest BCUT2D eigenvalue weighted by atomic mass is 9.95. The Morgan fingerprint density at radius 3 is 2.33 bits per heavy atom. The van der Waals surface area contributed by atoms with Gasteiger partial charge in [-0.1, -0.05) is 34.5 Å². The molecule has 0 amide bonds. The number of benzene rings is 2. The van der Waals surface area contributed by atoms with Gasteiger partial charge in [0.15, 0.2) is 4.80 Å². The molecule has 0 N–H and O–H groups in total. The Balaban J connectivity index is 1.64. The molecule has 1 atom stereocenters. The van der Waals surface area contributed by atoms with E-state index in [1.54, 1.807) is 89.2 Å². The monoisotopic (exact) mass is 668 g/mol. The third kappa shape index (κ3) is 6.63. The van der Waals surface area contributed by atoms with E-state index < -0.39 is 29.6 Å². The van der Waals surface area contributed by atoms with Crippen molar-refractivity contribution in [1.29, 1.82) is 0 Å². The fraction of sp³-hybridized carbons (Fsp3) is 0.273. The number of esters is 2. The van der Waals surface area contributed by atoms with E-state index in [9.17, 15) is 14.4 Å². The first-order chi connectivity index (χ1) is 21.4. The number of halogens is 2. The molecule has 5 rings (SSSR count). The van der Waals surface area contributed by atoms with Crippen LogP contribution in [0, 0.1) is 0 Å². The Labute approximate surface area is 273 Å². The van der Waals surface area contributed by atoms with Crippen molar-refractivity contribution in [2.75, 3.05) is 7.11 Å². The zero-order valence-corrected chi connectivity index (χ0v) is 27.7. The second kappa shape index (κ2) is 13.1. The van der Waals surface area contributed by atoms with Crippen LogP contribution in [0.3, 0.4) is 0 Å². The molecule has 2 aromatic heterocycles. The number of carbonyl (C=O) groups is 2. The lowest BCUT2D eigenvalue weighted by Crippen LogP contribution is -2.40. The molecule has 234 valence electrons. The molecule has 4 aromatic rings. The zero-order valence-electron chi connectivity index (χ0n) is 25.3. The minimum Gasteiger partial charge on any atom is -0.496 e. The van der Waals surface area contributed by atoms with Gasteiger partial charge in [-0.3, -0.25) is 9.36 Å². The lowest BCUT2D eigenvalue weighted by molar-refractivity contribution is -0.143. The maximum Gasteiger partial charge on any atom is 0.339 e. The first-order valence-electron chi connectivity index (χ1n) is 14.1. The lowest BCUT2D eigenvalue weighted by Gasteiger charge is -2.26. The predicted molar refractivity (Wildman–Crippen MR) is 173 cm³/mol. The van der Waals surface area contributed by atoms with E-state index in [4.69, 9.17) is 41.8 Å². The number of allylic oxidation sites excluding steroid dienone is 1. The Kier molecular flexibility index (Phi) is 9.38. The van der Waals surface area contributed by atoms with Crippen LogP contribution in [0.5, 0.6) is 5.75 Å². The highest BCUT2D eigenvalue weighted by Gasteiger charge is 2.35. The van der Waals surface area contributed by atoms with Crippen molar-refractivity contribution in [2.45, 2.75) is 52.9 Å². The number of hydrogen-bond donors (Lipinski definition) is 0. The summed E-state index contributed by atoms with van der Waals surface area (Å²) in [7, 11) is 1.50. The van der Waals surface area contributed by atoms with E-state index in [0.29, 0.717) is 59.0 Å². The average molecular weight is 670 g/mol. The van der Waals surface area contributed by atoms with Gasteiger partial charge in [-0.15, -0.1) is 0 Å². The maximum atomic E-state index is 14.1. The second-order valence-corrected chi connectivity index (χ2v) is 12.7. The Hall–Kier alpha value is -4.12. The molecular weight excluding hydrogens is 639 g/mol. The molecule has 0 bridgehead atoms. The highest BCUT2D eigenvalue weighted by Crippen LogP contribution is 2.37. The first-order valence-corrected chi connectivity index (χ1v) is 15.6. The quantitative estimate of drug-likeness (QED) is 0.202. The summed E-state index contributed by atoms with van der Waals surface area (Å²) < 4.78 is 24.4. The third-order valence-corrected chi connectivity index (χ3v) is 8.23. The van der Waals surface area contributed by atoms with Crippen LogP contribution >= 0.6 is 34.5 Å². The summed E-state index contributed by atoms with van der Waals surface area (Å²) in [6.07, 6.45) is 0.873. The largest absolute Gasteiger partial charge is 0.496 e. The van der Waals surface area contributed by atoms with Crippen LogP contribution in [0.25, 0.3) is 17.4 Å². The molecule has 0 radical (unpaired) electrons. The molecule has 2 aromatic carbocycles. The van der Waals surface area contributed by atoms with Gasteiger partial charge in [0, 0.05) is 27.2 Å². The number of furan rings is 1. The number of methoxy groups -OCH3 is 1. The molecule has 12 heteroatoms. The summed E-state index contributed by atoms with van der Waals surface area (Å²) >= 11 is 13.8. The Morgan fingerprint density at radius 1 is 0.978 bits per heavy atom. The van der Waals surface area contributed by atoms with Gasteiger partial charge in [0.25, 0.3) is 5.56 Å². The summed E-state index contributed by atoms with van der Waals surface area (Å²) in [5.41, 5.74) is 1.44. The van der Waals surface area contributed by atoms with Crippen LogP contribution in [0.15, 0.2) is 74.0 Å². The molecule has 0 spiro atoms. The van der Waals surface area contributed by atoms with E-state index >= 15 is 0 Å². The van der Waals surface area contributed by atoms with Crippen molar-refractivity contribution in [1.82, 2.24) is 4.57 Å². The fourth-order valence-corrected chi connectivity index (χ4v) is 6.33. The smallest absolute Gasteiger partial charge is 0.339 e. The molecular formula is C33H30Cl2N2O7S. The number of ether oxygens (including phenoxy) is 3. The van der Waals surface area contributed by atoms with Gasteiger partial charge in [-0.2, -0.15) is 0 Å². The Morgan fingerprint density at radius 2 is 1.64 bits per heavy atom. The summed E-state index contributed by atoms with van der Waals surface area (Å²) in [5, 5.41) is 0.816. The standard InChI is InChI=1S/C33H30Cl2N2O7S/c1-16(2)42-31(39)22-10-7-19(34)13-23(22)26-12-9-21(44-26)15-27-30(38)37-29(24-14-20(35)8-11-25(24)41-6)28(32(40)43-17(3)4)18(5)36-33(37)45-27/h7-17,29H,1-6H3/b27-15-/t29-/m1/s1. The van der Waals surface area contributed by atoms with E-state index in [0.717, 1.165) is 11.3 Å². The highest BCUT2D eigenvalue weighted by atomic mass is 35.5. The Bertz CT molecular complexity index is 2020. The third-order valence-electron chi connectivity index (χ3n) is 6.78. The number of aromatic nitrogens is 1. The van der Waals surface area contributed by atoms with Gasteiger partial charge in [-0.25, -0.2) is 14.6 Å². The zero-order chi connectivity index (χ0) is 32.6. The molecule has 1 aliphatic rings. The normalized spacial score (nSPS) is 14.9. The molecule has 0 fully saturated rings. The van der Waals surface area contributed by atoms with Crippen molar-refractivity contribution in [3.8, 4) is 17.1 Å². The van der Waals surface area contributed by atoms with Gasteiger partial charge in [0.2, 0.25) is 0 Å². The van der Waals surface area contributed by atoms with Gasteiger partial charge < -0.3 is 18.6 Å². The van der Waals surface area contributed by atoms with Crippen molar-refractivity contribution >= 4 is 52.6 Å². The molecule has 0 unspecified atom stereocenters. The molecule has 3 heterocycles. The second-order valence-electron chi connectivity index (χ2n) is 10.8. The van der Waals surface area contributed by atoms with Crippen molar-refractivity contribution < 1.29 is 28.2 Å². The molecule has 9 nitrogen and oxygen atoms in total. The summed E-state index contributed by atoms with van der Waals surface area (Å²) in [4.78, 5) is 45.2. The van der Waals surface area contributed by atoms with Crippen molar-refractivity contribution in [2.24, 2.45) is 4.99 Å². The minimum atomic E-state index is -0.920. The van der Waals surface area contributed by atoms with Gasteiger partial charge in [-0.05, 0) is 83.1 Å². The molecule has 0 saturated heterocycles. The predicted octanol–water partition coefficient (Wildman–Crippen LogP) is 6.33. The van der Waals surface area contributed by atoms with Gasteiger partial charge in [0.05, 0.1) is 40.7 Å². The van der Waals surface area contributed by atoms with Crippen LogP contribution in [0.4, 0.5) is 0 Å². The summed E-state index contributed by atoms with van der Waals surface area (Å²) in [6.45, 7) is 8.71. The molecule has 1 aliphatic heterocycles. The van der Waals surface area contributed by atoms with Gasteiger partial charge in [0.1, 0.15) is 23.3 Å². The van der Waals surface area contributed by atoms with E-state index in [1.165, 1.54) is 11.7 Å². The van der Waals surface area contributed by atoms with Crippen LogP contribution in [0.1, 0.15) is 62.3 Å². The molecule has 0 saturated carbocycles. The number of thiazole rings is 1. The van der Waals surface area contributed by atoms with Crippen molar-refractivity contribution in [3.05, 3.63) is 106 Å². The van der Waals surface area contributed by atoms with E-state index in [1.807, 2.05) is 0 Å². The maximum absolute atomic E-state index is 14.1. The van der Waals surface area contributed by atoms with E-state index in [2.05, 4.69) is 4.99 Å².